The van der Waals surface area contributed by atoms with E-state index in [4.69, 9.17) is 17.3 Å². The fourth-order valence-corrected chi connectivity index (χ4v) is 3.02. The van der Waals surface area contributed by atoms with Gasteiger partial charge in [-0.25, -0.2) is 0 Å². The minimum Gasteiger partial charge on any atom is -0.403 e. The Hall–Kier alpha value is -2.32. The molecule has 0 saturated heterocycles. The van der Waals surface area contributed by atoms with Crippen molar-refractivity contribution in [3.63, 3.8) is 0 Å². The lowest BCUT2D eigenvalue weighted by Crippen LogP contribution is -2.18. The van der Waals surface area contributed by atoms with E-state index < -0.39 is 0 Å². The average Bonchev–Trinajstić information content (AvgIpc) is 3.40. The van der Waals surface area contributed by atoms with Crippen LogP contribution in [0, 0.1) is 5.92 Å². The molecule has 0 amide bonds. The summed E-state index contributed by atoms with van der Waals surface area (Å²) in [7, 11) is 0. The number of hydrogen-bond donors (Lipinski definition) is 1. The van der Waals surface area contributed by atoms with Gasteiger partial charge in [-0.05, 0) is 42.0 Å². The first-order chi connectivity index (χ1) is 11.8. The highest BCUT2D eigenvalue weighted by atomic mass is 35.5. The lowest BCUT2D eigenvalue weighted by atomic mass is 9.88. The second-order valence-corrected chi connectivity index (χ2v) is 6.46. The summed E-state index contributed by atoms with van der Waals surface area (Å²) in [4.78, 5) is 4.66. The molecule has 1 aliphatic rings. The second-order valence-electron chi connectivity index (χ2n) is 6.02. The van der Waals surface area contributed by atoms with Crippen LogP contribution in [0.2, 0.25) is 0 Å². The van der Waals surface area contributed by atoms with Crippen LogP contribution >= 0.6 is 11.6 Å². The molecule has 3 rings (SSSR count). The number of hydrogen-bond acceptors (Lipinski definition) is 2. The quantitative estimate of drug-likeness (QED) is 0.742. The zero-order valence-corrected chi connectivity index (χ0v) is 14.2. The van der Waals surface area contributed by atoms with Gasteiger partial charge in [-0.2, -0.15) is 0 Å². The molecule has 2 aromatic rings. The van der Waals surface area contributed by atoms with Gasteiger partial charge in [0.05, 0.1) is 16.8 Å². The van der Waals surface area contributed by atoms with Crippen molar-refractivity contribution in [2.75, 3.05) is 0 Å². The zero-order valence-electron chi connectivity index (χ0n) is 13.5. The SMILES string of the molecule is N/C=C(Cl)\C=C/C1=NC1C(Cc1ccccc1)Cc1ccccc1. The average molecular weight is 337 g/mol. The van der Waals surface area contributed by atoms with E-state index in [9.17, 15) is 0 Å². The van der Waals surface area contributed by atoms with Gasteiger partial charge in [0.15, 0.2) is 0 Å². The van der Waals surface area contributed by atoms with Gasteiger partial charge in [0.25, 0.3) is 0 Å². The summed E-state index contributed by atoms with van der Waals surface area (Å²) in [6, 6.07) is 21.5. The van der Waals surface area contributed by atoms with Gasteiger partial charge in [-0.15, -0.1) is 0 Å². The molecule has 1 heterocycles. The first-order valence-corrected chi connectivity index (χ1v) is 8.55. The molecule has 122 valence electrons. The van der Waals surface area contributed by atoms with Crippen molar-refractivity contribution in [3.8, 4) is 0 Å². The number of nitrogens with two attached hydrogens (primary N) is 1. The molecule has 1 aliphatic heterocycles. The summed E-state index contributed by atoms with van der Waals surface area (Å²) >= 11 is 5.92. The minimum absolute atomic E-state index is 0.268. The van der Waals surface area contributed by atoms with E-state index in [1.807, 2.05) is 12.2 Å². The molecule has 24 heavy (non-hydrogen) atoms. The fourth-order valence-electron chi connectivity index (χ4n) is 2.96. The van der Waals surface area contributed by atoms with E-state index in [1.54, 1.807) is 0 Å². The summed E-state index contributed by atoms with van der Waals surface area (Å²) in [5, 5.41) is 0.533. The van der Waals surface area contributed by atoms with Gasteiger partial charge in [0.2, 0.25) is 0 Å². The maximum absolute atomic E-state index is 5.92. The first-order valence-electron chi connectivity index (χ1n) is 8.17. The fraction of sp³-hybridized carbons (Fsp3) is 0.190. The molecular weight excluding hydrogens is 316 g/mol. The second kappa shape index (κ2) is 7.98. The van der Waals surface area contributed by atoms with Gasteiger partial charge < -0.3 is 5.73 Å². The Balaban J connectivity index is 1.70. The van der Waals surface area contributed by atoms with Gasteiger partial charge in [-0.3, -0.25) is 4.99 Å². The number of nitrogens with zero attached hydrogens (tertiary/aromatic N) is 1. The van der Waals surface area contributed by atoms with Crippen LogP contribution in [0.5, 0.6) is 0 Å². The third-order valence-corrected chi connectivity index (χ3v) is 4.48. The van der Waals surface area contributed by atoms with Crippen molar-refractivity contribution < 1.29 is 0 Å². The largest absolute Gasteiger partial charge is 0.403 e. The van der Waals surface area contributed by atoms with Gasteiger partial charge in [-0.1, -0.05) is 72.3 Å². The summed E-state index contributed by atoms with van der Waals surface area (Å²) in [5.41, 5.74) is 9.20. The highest BCUT2D eigenvalue weighted by molar-refractivity contribution is 6.31. The molecule has 0 spiro atoms. The van der Waals surface area contributed by atoms with Crippen LogP contribution in [-0.4, -0.2) is 11.8 Å². The van der Waals surface area contributed by atoms with Crippen LogP contribution in [0.25, 0.3) is 0 Å². The van der Waals surface area contributed by atoms with E-state index in [0.29, 0.717) is 11.0 Å². The van der Waals surface area contributed by atoms with Crippen LogP contribution in [0.15, 0.2) is 89.0 Å². The van der Waals surface area contributed by atoms with Crippen LogP contribution in [0.4, 0.5) is 0 Å². The minimum atomic E-state index is 0.268. The molecule has 0 radical (unpaired) electrons. The number of aliphatic imine (C=N–C) groups is 1. The molecule has 2 aromatic carbocycles. The predicted octanol–water partition coefficient (Wildman–Crippen LogP) is 4.51. The molecule has 0 aliphatic carbocycles. The van der Waals surface area contributed by atoms with Gasteiger partial charge >= 0.3 is 0 Å². The first kappa shape index (κ1) is 16.5. The Bertz CT molecular complexity index is 706. The molecule has 1 atom stereocenters. The number of benzene rings is 2. The molecule has 2 nitrogen and oxygen atoms in total. The Labute approximate surface area is 148 Å². The Kier molecular flexibility index (Phi) is 5.50. The lowest BCUT2D eigenvalue weighted by Gasteiger charge is -2.16. The third kappa shape index (κ3) is 4.59. The topological polar surface area (TPSA) is 38.4 Å². The molecule has 3 heteroatoms. The van der Waals surface area contributed by atoms with Gasteiger partial charge in [0.1, 0.15) is 0 Å². The molecule has 0 bridgehead atoms. The maximum atomic E-state index is 5.92. The van der Waals surface area contributed by atoms with Crippen LogP contribution in [0.1, 0.15) is 11.1 Å². The highest BCUT2D eigenvalue weighted by Crippen LogP contribution is 2.29. The van der Waals surface area contributed by atoms with E-state index in [1.165, 1.54) is 17.3 Å². The van der Waals surface area contributed by atoms with E-state index in [0.717, 1.165) is 18.6 Å². The molecule has 0 aromatic heterocycles. The van der Waals surface area contributed by atoms with E-state index >= 15 is 0 Å². The molecular formula is C21H21ClN2. The molecule has 2 N–H and O–H groups in total. The summed E-state index contributed by atoms with van der Waals surface area (Å²) < 4.78 is 0. The Morgan fingerprint density at radius 2 is 1.54 bits per heavy atom. The van der Waals surface area contributed by atoms with Crippen LogP contribution in [0.3, 0.4) is 0 Å². The number of allylic oxidation sites excluding steroid dienone is 2. The Morgan fingerprint density at radius 1 is 1.00 bits per heavy atom. The monoisotopic (exact) mass is 336 g/mol. The summed E-state index contributed by atoms with van der Waals surface area (Å²) in [5.74, 6) is 0.454. The van der Waals surface area contributed by atoms with Crippen molar-refractivity contribution in [1.82, 2.24) is 0 Å². The van der Waals surface area contributed by atoms with Crippen LogP contribution in [-0.2, 0) is 12.8 Å². The van der Waals surface area contributed by atoms with Crippen LogP contribution < -0.4 is 5.73 Å². The number of halogens is 1. The molecule has 1 unspecified atom stereocenters. The normalized spacial score (nSPS) is 17.3. The highest BCUT2D eigenvalue weighted by Gasteiger charge is 2.33. The standard InChI is InChI=1S/C21H21ClN2/c22-19(15-23)11-12-20-21(24-20)18(13-16-7-3-1-4-8-16)14-17-9-5-2-6-10-17/h1-12,15,18,21H,13-14,23H2/b12-11-,19-15+. The smallest absolute Gasteiger partial charge is 0.0953 e. The Morgan fingerprint density at radius 3 is 2.04 bits per heavy atom. The third-order valence-electron chi connectivity index (χ3n) is 4.22. The van der Waals surface area contributed by atoms with Crippen molar-refractivity contribution in [2.45, 2.75) is 18.9 Å². The van der Waals surface area contributed by atoms with Crippen molar-refractivity contribution >= 4 is 17.3 Å². The van der Waals surface area contributed by atoms with Gasteiger partial charge in [0, 0.05) is 6.20 Å². The lowest BCUT2D eigenvalue weighted by molar-refractivity contribution is 0.522. The van der Waals surface area contributed by atoms with E-state index in [-0.39, 0.29) is 6.04 Å². The van der Waals surface area contributed by atoms with Crippen molar-refractivity contribution in [3.05, 3.63) is 95.2 Å². The summed E-state index contributed by atoms with van der Waals surface area (Å²) in [6.07, 6.45) is 7.20. The predicted molar refractivity (Wildman–Crippen MR) is 102 cm³/mol. The maximum Gasteiger partial charge on any atom is 0.0953 e. The van der Waals surface area contributed by atoms with Crippen molar-refractivity contribution in [2.24, 2.45) is 16.6 Å². The number of rotatable bonds is 7. The molecule has 0 fully saturated rings. The molecule has 0 saturated carbocycles. The van der Waals surface area contributed by atoms with E-state index in [2.05, 4.69) is 65.7 Å². The zero-order chi connectivity index (χ0) is 16.8. The summed E-state index contributed by atoms with van der Waals surface area (Å²) in [6.45, 7) is 0. The van der Waals surface area contributed by atoms with Crippen molar-refractivity contribution in [1.29, 1.82) is 0 Å².